The SMILES string of the molecule is CCCCC(NC(=O)c1cc(=O)[nH]c(Cc2ccc(OC)cc2)n1)C(=O)O. The van der Waals surface area contributed by atoms with Crippen molar-refractivity contribution in [2.75, 3.05) is 7.11 Å². The van der Waals surface area contributed by atoms with Gasteiger partial charge in [0.25, 0.3) is 11.5 Å². The number of nitrogens with one attached hydrogen (secondary N) is 2. The van der Waals surface area contributed by atoms with Crippen LogP contribution >= 0.6 is 0 Å². The number of benzene rings is 1. The molecule has 2 rings (SSSR count). The second-order valence-electron chi connectivity index (χ2n) is 6.11. The fraction of sp³-hybridized carbons (Fsp3) is 0.368. The molecule has 1 heterocycles. The Kier molecular flexibility index (Phi) is 7.10. The van der Waals surface area contributed by atoms with Crippen molar-refractivity contribution in [1.82, 2.24) is 15.3 Å². The summed E-state index contributed by atoms with van der Waals surface area (Å²) in [7, 11) is 1.57. The van der Waals surface area contributed by atoms with E-state index in [9.17, 15) is 19.5 Å². The van der Waals surface area contributed by atoms with E-state index in [-0.39, 0.29) is 5.69 Å². The fourth-order valence-corrected chi connectivity index (χ4v) is 2.54. The molecule has 2 aromatic rings. The van der Waals surface area contributed by atoms with Crippen LogP contribution in [0.15, 0.2) is 35.1 Å². The Hall–Kier alpha value is -3.16. The van der Waals surface area contributed by atoms with Gasteiger partial charge in [-0.25, -0.2) is 9.78 Å². The van der Waals surface area contributed by atoms with Crippen LogP contribution in [0, 0.1) is 0 Å². The average molecular weight is 373 g/mol. The summed E-state index contributed by atoms with van der Waals surface area (Å²) < 4.78 is 5.10. The molecule has 0 fully saturated rings. The van der Waals surface area contributed by atoms with Crippen molar-refractivity contribution in [2.24, 2.45) is 0 Å². The van der Waals surface area contributed by atoms with E-state index in [1.165, 1.54) is 0 Å². The number of methoxy groups -OCH3 is 1. The van der Waals surface area contributed by atoms with Crippen molar-refractivity contribution in [3.8, 4) is 5.75 Å². The van der Waals surface area contributed by atoms with E-state index in [4.69, 9.17) is 4.74 Å². The topological polar surface area (TPSA) is 121 Å². The highest BCUT2D eigenvalue weighted by molar-refractivity contribution is 5.94. The number of carboxylic acid groups (broad SMARTS) is 1. The molecule has 0 spiro atoms. The smallest absolute Gasteiger partial charge is 0.326 e. The summed E-state index contributed by atoms with van der Waals surface area (Å²) in [5, 5.41) is 11.7. The van der Waals surface area contributed by atoms with Crippen LogP contribution in [0.3, 0.4) is 0 Å². The molecule has 0 aliphatic heterocycles. The van der Waals surface area contributed by atoms with Gasteiger partial charge in [-0.3, -0.25) is 9.59 Å². The first-order valence-electron chi connectivity index (χ1n) is 8.69. The molecule has 0 aliphatic rings. The van der Waals surface area contributed by atoms with E-state index in [0.29, 0.717) is 30.8 Å². The summed E-state index contributed by atoms with van der Waals surface area (Å²) in [5.74, 6) is -0.765. The molecule has 8 nitrogen and oxygen atoms in total. The number of carboxylic acids is 1. The number of hydrogen-bond acceptors (Lipinski definition) is 5. The summed E-state index contributed by atoms with van der Waals surface area (Å²) in [5.41, 5.74) is 0.298. The second kappa shape index (κ2) is 9.51. The van der Waals surface area contributed by atoms with Crippen molar-refractivity contribution in [1.29, 1.82) is 0 Å². The predicted octanol–water partition coefficient (Wildman–Crippen LogP) is 1.74. The number of H-pyrrole nitrogens is 1. The molecule has 0 radical (unpaired) electrons. The molecule has 0 aliphatic carbocycles. The lowest BCUT2D eigenvalue weighted by Crippen LogP contribution is -2.41. The largest absolute Gasteiger partial charge is 0.497 e. The number of hydrogen-bond donors (Lipinski definition) is 3. The van der Waals surface area contributed by atoms with Crippen molar-refractivity contribution in [3.05, 3.63) is 57.8 Å². The minimum atomic E-state index is -1.11. The highest BCUT2D eigenvalue weighted by atomic mass is 16.5. The summed E-state index contributed by atoms with van der Waals surface area (Å²) in [6, 6.07) is 7.28. The van der Waals surface area contributed by atoms with E-state index >= 15 is 0 Å². The van der Waals surface area contributed by atoms with Crippen LogP contribution in [0.4, 0.5) is 0 Å². The number of rotatable bonds is 9. The summed E-state index contributed by atoms with van der Waals surface area (Å²) in [4.78, 5) is 42.3. The Bertz CT molecular complexity index is 845. The third kappa shape index (κ3) is 5.95. The maximum atomic E-state index is 12.4. The van der Waals surface area contributed by atoms with E-state index in [0.717, 1.165) is 18.1 Å². The molecule has 27 heavy (non-hydrogen) atoms. The summed E-state index contributed by atoms with van der Waals surface area (Å²) in [6.45, 7) is 1.93. The highest BCUT2D eigenvalue weighted by Gasteiger charge is 2.21. The van der Waals surface area contributed by atoms with Crippen LogP contribution in [0.1, 0.15) is 48.1 Å². The van der Waals surface area contributed by atoms with Gasteiger partial charge in [0, 0.05) is 12.5 Å². The van der Waals surface area contributed by atoms with Crippen LogP contribution in [0.25, 0.3) is 0 Å². The maximum absolute atomic E-state index is 12.4. The lowest BCUT2D eigenvalue weighted by molar-refractivity contribution is -0.139. The lowest BCUT2D eigenvalue weighted by atomic mass is 10.1. The Labute approximate surface area is 156 Å². The Morgan fingerprint density at radius 1 is 1.30 bits per heavy atom. The zero-order chi connectivity index (χ0) is 19.8. The molecule has 0 saturated heterocycles. The number of nitrogens with zero attached hydrogens (tertiary/aromatic N) is 1. The number of carbonyl (C=O) groups is 2. The third-order valence-electron chi connectivity index (χ3n) is 4.00. The molecule has 1 aromatic carbocycles. The van der Waals surface area contributed by atoms with Gasteiger partial charge < -0.3 is 20.1 Å². The number of ether oxygens (including phenoxy) is 1. The van der Waals surface area contributed by atoms with Gasteiger partial charge in [0.2, 0.25) is 0 Å². The number of aliphatic carboxylic acids is 1. The standard InChI is InChI=1S/C19H23N3O5/c1-3-4-5-14(19(25)26)21-18(24)15-11-17(23)22-16(20-15)10-12-6-8-13(27-2)9-7-12/h6-9,11,14H,3-5,10H2,1-2H3,(H,21,24)(H,25,26)(H,20,22,23). The molecule has 1 unspecified atom stereocenters. The molecular formula is C19H23N3O5. The van der Waals surface area contributed by atoms with Crippen molar-refractivity contribution in [3.63, 3.8) is 0 Å². The van der Waals surface area contributed by atoms with Crippen LogP contribution in [0.5, 0.6) is 5.75 Å². The quantitative estimate of drug-likeness (QED) is 0.616. The number of aromatic nitrogens is 2. The molecule has 3 N–H and O–H groups in total. The monoisotopic (exact) mass is 373 g/mol. The Morgan fingerprint density at radius 3 is 2.59 bits per heavy atom. The first-order valence-corrected chi connectivity index (χ1v) is 8.69. The summed E-state index contributed by atoms with van der Waals surface area (Å²) in [6.07, 6.45) is 2.12. The Morgan fingerprint density at radius 2 is 2.00 bits per heavy atom. The molecular weight excluding hydrogens is 350 g/mol. The lowest BCUT2D eigenvalue weighted by Gasteiger charge is -2.14. The van der Waals surface area contributed by atoms with Gasteiger partial charge >= 0.3 is 5.97 Å². The van der Waals surface area contributed by atoms with Crippen LogP contribution in [-0.4, -0.2) is 40.1 Å². The van der Waals surface area contributed by atoms with Gasteiger partial charge in [-0.2, -0.15) is 0 Å². The van der Waals surface area contributed by atoms with E-state index < -0.39 is 23.5 Å². The van der Waals surface area contributed by atoms with E-state index in [1.54, 1.807) is 19.2 Å². The molecule has 1 amide bonds. The number of amides is 1. The van der Waals surface area contributed by atoms with Gasteiger partial charge in [-0.15, -0.1) is 0 Å². The Balaban J connectivity index is 2.16. The van der Waals surface area contributed by atoms with Crippen molar-refractivity contribution in [2.45, 2.75) is 38.6 Å². The molecule has 1 aromatic heterocycles. The van der Waals surface area contributed by atoms with E-state index in [2.05, 4.69) is 15.3 Å². The fourth-order valence-electron chi connectivity index (χ4n) is 2.54. The van der Waals surface area contributed by atoms with Gasteiger partial charge in [0.15, 0.2) is 0 Å². The second-order valence-corrected chi connectivity index (χ2v) is 6.11. The molecule has 0 saturated carbocycles. The zero-order valence-corrected chi connectivity index (χ0v) is 15.3. The van der Waals surface area contributed by atoms with Gasteiger partial charge in [-0.05, 0) is 24.1 Å². The normalized spacial score (nSPS) is 11.6. The first-order chi connectivity index (χ1) is 12.9. The highest BCUT2D eigenvalue weighted by Crippen LogP contribution is 2.13. The van der Waals surface area contributed by atoms with Gasteiger partial charge in [0.1, 0.15) is 23.3 Å². The van der Waals surface area contributed by atoms with E-state index in [1.807, 2.05) is 19.1 Å². The van der Waals surface area contributed by atoms with Crippen LogP contribution in [0.2, 0.25) is 0 Å². The van der Waals surface area contributed by atoms with Gasteiger partial charge in [0.05, 0.1) is 7.11 Å². The predicted molar refractivity (Wildman–Crippen MR) is 99.1 cm³/mol. The molecule has 8 heteroatoms. The van der Waals surface area contributed by atoms with Crippen molar-refractivity contribution < 1.29 is 19.4 Å². The number of unbranched alkanes of at least 4 members (excludes halogenated alkanes) is 1. The minimum absolute atomic E-state index is 0.106. The average Bonchev–Trinajstić information content (AvgIpc) is 2.64. The summed E-state index contributed by atoms with van der Waals surface area (Å²) >= 11 is 0. The number of aromatic amines is 1. The first kappa shape index (κ1) is 20.2. The maximum Gasteiger partial charge on any atom is 0.326 e. The molecule has 0 bridgehead atoms. The molecule has 144 valence electrons. The van der Waals surface area contributed by atoms with Crippen molar-refractivity contribution >= 4 is 11.9 Å². The zero-order valence-electron chi connectivity index (χ0n) is 15.3. The number of carbonyl (C=O) groups excluding carboxylic acids is 1. The molecule has 1 atom stereocenters. The van der Waals surface area contributed by atoms with Crippen LogP contribution in [-0.2, 0) is 11.2 Å². The van der Waals surface area contributed by atoms with Gasteiger partial charge in [-0.1, -0.05) is 31.9 Å². The minimum Gasteiger partial charge on any atom is -0.497 e. The third-order valence-corrected chi connectivity index (χ3v) is 4.00. The van der Waals surface area contributed by atoms with Crippen LogP contribution < -0.4 is 15.6 Å².